The van der Waals surface area contributed by atoms with Crippen molar-refractivity contribution in [1.82, 2.24) is 5.32 Å². The topological polar surface area (TPSA) is 35.8 Å². The van der Waals surface area contributed by atoms with Gasteiger partial charge in [-0.2, -0.15) is 5.26 Å². The molecule has 19 heavy (non-hydrogen) atoms. The van der Waals surface area contributed by atoms with Crippen LogP contribution in [0.2, 0.25) is 0 Å². The Balaban J connectivity index is 1.54. The van der Waals surface area contributed by atoms with E-state index in [2.05, 4.69) is 11.4 Å². The summed E-state index contributed by atoms with van der Waals surface area (Å²) in [5, 5.41) is 12.2. The van der Waals surface area contributed by atoms with Gasteiger partial charge in [0, 0.05) is 12.1 Å². The number of halogens is 1. The Morgan fingerprint density at radius 3 is 2.89 bits per heavy atom. The van der Waals surface area contributed by atoms with Gasteiger partial charge in [0.25, 0.3) is 0 Å². The monoisotopic (exact) mass is 258 g/mol. The molecule has 3 heteroatoms. The van der Waals surface area contributed by atoms with Gasteiger partial charge in [-0.05, 0) is 61.8 Å². The van der Waals surface area contributed by atoms with Crippen LogP contribution in [0.4, 0.5) is 4.39 Å². The number of hydrogen-bond acceptors (Lipinski definition) is 2. The summed E-state index contributed by atoms with van der Waals surface area (Å²) in [5.74, 6) is 2.41. The summed E-state index contributed by atoms with van der Waals surface area (Å²) in [6.07, 6.45) is 5.55. The number of benzene rings is 1. The highest BCUT2D eigenvalue weighted by Crippen LogP contribution is 2.47. The van der Waals surface area contributed by atoms with Crippen molar-refractivity contribution in [1.29, 1.82) is 5.26 Å². The molecule has 2 nitrogen and oxygen atoms in total. The lowest BCUT2D eigenvalue weighted by Gasteiger charge is -2.22. The molecule has 0 amide bonds. The maximum absolute atomic E-state index is 13.6. The van der Waals surface area contributed by atoms with Crippen LogP contribution in [-0.2, 0) is 6.54 Å². The average molecular weight is 258 g/mol. The number of fused-ring (bicyclic) bond motifs is 2. The van der Waals surface area contributed by atoms with Crippen LogP contribution in [0.3, 0.4) is 0 Å². The van der Waals surface area contributed by atoms with Crippen LogP contribution in [-0.4, -0.2) is 6.54 Å². The third-order valence-electron chi connectivity index (χ3n) is 4.78. The molecule has 2 fully saturated rings. The van der Waals surface area contributed by atoms with Crippen LogP contribution in [0.25, 0.3) is 0 Å². The van der Waals surface area contributed by atoms with Gasteiger partial charge in [0.15, 0.2) is 0 Å². The molecule has 1 aromatic rings. The van der Waals surface area contributed by atoms with E-state index in [0.717, 1.165) is 24.3 Å². The van der Waals surface area contributed by atoms with Crippen molar-refractivity contribution >= 4 is 0 Å². The highest BCUT2D eigenvalue weighted by Gasteiger charge is 2.38. The first-order valence-corrected chi connectivity index (χ1v) is 7.15. The second-order valence-electron chi connectivity index (χ2n) is 5.98. The normalized spacial score (nSPS) is 28.5. The molecule has 0 radical (unpaired) electrons. The standard InChI is InChI=1S/C16H19FN2/c17-16-4-2-12(8-18)7-15(16)10-19-9-14-6-11-1-3-13(14)5-11/h2,4,7,11,13-14,19H,1,3,5-6,9-10H2. The molecule has 2 saturated carbocycles. The average Bonchev–Trinajstić information content (AvgIpc) is 3.03. The maximum Gasteiger partial charge on any atom is 0.127 e. The van der Waals surface area contributed by atoms with Gasteiger partial charge in [0.2, 0.25) is 0 Å². The Bertz CT molecular complexity index is 506. The van der Waals surface area contributed by atoms with Crippen molar-refractivity contribution in [3.63, 3.8) is 0 Å². The molecule has 0 spiro atoms. The molecule has 1 N–H and O–H groups in total. The van der Waals surface area contributed by atoms with E-state index in [1.807, 2.05) is 0 Å². The van der Waals surface area contributed by atoms with Crippen molar-refractivity contribution in [2.75, 3.05) is 6.54 Å². The van der Waals surface area contributed by atoms with E-state index >= 15 is 0 Å². The van der Waals surface area contributed by atoms with Crippen LogP contribution in [0.5, 0.6) is 0 Å². The van der Waals surface area contributed by atoms with Crippen LogP contribution in [0, 0.1) is 34.9 Å². The molecule has 2 aliphatic carbocycles. The first kappa shape index (κ1) is 12.6. The predicted octanol–water partition coefficient (Wildman–Crippen LogP) is 3.22. The molecule has 0 aromatic heterocycles. The van der Waals surface area contributed by atoms with Crippen molar-refractivity contribution in [3.05, 3.63) is 35.1 Å². The van der Waals surface area contributed by atoms with E-state index in [1.165, 1.54) is 37.8 Å². The van der Waals surface area contributed by atoms with E-state index in [-0.39, 0.29) is 5.82 Å². The molecular weight excluding hydrogens is 239 g/mol. The summed E-state index contributed by atoms with van der Waals surface area (Å²) in [6, 6.07) is 6.60. The summed E-state index contributed by atoms with van der Waals surface area (Å²) in [4.78, 5) is 0. The number of hydrogen-bond donors (Lipinski definition) is 1. The van der Waals surface area contributed by atoms with E-state index in [0.29, 0.717) is 17.7 Å². The Morgan fingerprint density at radius 1 is 1.32 bits per heavy atom. The second kappa shape index (κ2) is 5.30. The molecule has 3 rings (SSSR count). The zero-order valence-electron chi connectivity index (χ0n) is 11.0. The summed E-state index contributed by atoms with van der Waals surface area (Å²) >= 11 is 0. The number of rotatable bonds is 4. The van der Waals surface area contributed by atoms with Gasteiger partial charge in [-0.1, -0.05) is 6.42 Å². The summed E-state index contributed by atoms with van der Waals surface area (Å²) in [5.41, 5.74) is 1.13. The minimum atomic E-state index is -0.223. The van der Waals surface area contributed by atoms with Gasteiger partial charge in [-0.15, -0.1) is 0 Å². The molecule has 3 unspecified atom stereocenters. The molecule has 0 heterocycles. The highest BCUT2D eigenvalue weighted by molar-refractivity contribution is 5.33. The summed E-state index contributed by atoms with van der Waals surface area (Å²) in [7, 11) is 0. The van der Waals surface area contributed by atoms with Crippen LogP contribution in [0.15, 0.2) is 18.2 Å². The first-order valence-electron chi connectivity index (χ1n) is 7.15. The van der Waals surface area contributed by atoms with Gasteiger partial charge in [0.05, 0.1) is 11.6 Å². The number of nitrogens with one attached hydrogen (secondary N) is 1. The van der Waals surface area contributed by atoms with E-state index in [9.17, 15) is 4.39 Å². The Kier molecular flexibility index (Phi) is 3.52. The molecule has 0 aliphatic heterocycles. The van der Waals surface area contributed by atoms with Crippen LogP contribution in [0.1, 0.15) is 36.8 Å². The molecule has 0 saturated heterocycles. The number of nitriles is 1. The summed E-state index contributed by atoms with van der Waals surface area (Å²) in [6.45, 7) is 1.51. The minimum Gasteiger partial charge on any atom is -0.312 e. The molecule has 100 valence electrons. The summed E-state index contributed by atoms with van der Waals surface area (Å²) < 4.78 is 13.6. The lowest BCUT2D eigenvalue weighted by Crippen LogP contribution is -2.26. The Morgan fingerprint density at radius 2 is 2.21 bits per heavy atom. The first-order chi connectivity index (χ1) is 9.26. The fraction of sp³-hybridized carbons (Fsp3) is 0.562. The van der Waals surface area contributed by atoms with Gasteiger partial charge >= 0.3 is 0 Å². The fourth-order valence-electron chi connectivity index (χ4n) is 3.80. The Hall–Kier alpha value is -1.40. The van der Waals surface area contributed by atoms with Gasteiger partial charge in [-0.25, -0.2) is 4.39 Å². The van der Waals surface area contributed by atoms with E-state index < -0.39 is 0 Å². The largest absolute Gasteiger partial charge is 0.312 e. The number of nitrogens with zero attached hydrogens (tertiary/aromatic N) is 1. The van der Waals surface area contributed by atoms with E-state index in [4.69, 9.17) is 5.26 Å². The van der Waals surface area contributed by atoms with Crippen LogP contribution >= 0.6 is 0 Å². The Labute approximate surface area is 113 Å². The van der Waals surface area contributed by atoms with E-state index in [1.54, 1.807) is 6.07 Å². The van der Waals surface area contributed by atoms with Crippen LogP contribution < -0.4 is 5.32 Å². The quantitative estimate of drug-likeness (QED) is 0.900. The molecular formula is C16H19FN2. The molecule has 2 aliphatic rings. The minimum absolute atomic E-state index is 0.223. The third-order valence-corrected chi connectivity index (χ3v) is 4.78. The van der Waals surface area contributed by atoms with Gasteiger partial charge in [-0.3, -0.25) is 0 Å². The second-order valence-corrected chi connectivity index (χ2v) is 5.98. The zero-order chi connectivity index (χ0) is 13.2. The molecule has 3 atom stereocenters. The van der Waals surface area contributed by atoms with Gasteiger partial charge < -0.3 is 5.32 Å². The maximum atomic E-state index is 13.6. The lowest BCUT2D eigenvalue weighted by atomic mass is 9.89. The lowest BCUT2D eigenvalue weighted by molar-refractivity contribution is 0.318. The van der Waals surface area contributed by atoms with Crippen molar-refractivity contribution in [3.8, 4) is 6.07 Å². The third kappa shape index (κ3) is 2.64. The highest BCUT2D eigenvalue weighted by atomic mass is 19.1. The fourth-order valence-corrected chi connectivity index (χ4v) is 3.80. The van der Waals surface area contributed by atoms with Crippen molar-refractivity contribution in [2.24, 2.45) is 17.8 Å². The molecule has 2 bridgehead atoms. The zero-order valence-corrected chi connectivity index (χ0v) is 11.0. The van der Waals surface area contributed by atoms with Crippen molar-refractivity contribution < 1.29 is 4.39 Å². The predicted molar refractivity (Wildman–Crippen MR) is 71.8 cm³/mol. The SMILES string of the molecule is N#Cc1ccc(F)c(CNCC2CC3CCC2C3)c1. The van der Waals surface area contributed by atoms with Crippen molar-refractivity contribution in [2.45, 2.75) is 32.2 Å². The van der Waals surface area contributed by atoms with Gasteiger partial charge in [0.1, 0.15) is 5.82 Å². The molecule has 1 aromatic carbocycles. The smallest absolute Gasteiger partial charge is 0.127 e.